The average Bonchev–Trinajstić information content (AvgIpc) is 2.87. The van der Waals surface area contributed by atoms with Crippen LogP contribution in [0.25, 0.3) is 11.1 Å². The first-order valence-electron chi connectivity index (χ1n) is 11.6. The van der Waals surface area contributed by atoms with E-state index >= 15 is 0 Å². The van der Waals surface area contributed by atoms with Crippen molar-refractivity contribution < 1.29 is 27.5 Å². The second kappa shape index (κ2) is 13.0. The lowest BCUT2D eigenvalue weighted by molar-refractivity contribution is -0.125. The highest BCUT2D eigenvalue weighted by molar-refractivity contribution is 5.94. The molecule has 3 aromatic rings. The van der Waals surface area contributed by atoms with Gasteiger partial charge in [0, 0.05) is 17.8 Å². The van der Waals surface area contributed by atoms with Crippen molar-refractivity contribution in [3.8, 4) is 11.1 Å². The summed E-state index contributed by atoms with van der Waals surface area (Å²) < 4.78 is 47.4. The van der Waals surface area contributed by atoms with Crippen LogP contribution in [0.4, 0.5) is 13.2 Å². The van der Waals surface area contributed by atoms with Crippen molar-refractivity contribution in [2.75, 3.05) is 6.61 Å². The van der Waals surface area contributed by atoms with E-state index in [4.69, 9.17) is 10.5 Å². The van der Waals surface area contributed by atoms with Gasteiger partial charge in [0.1, 0.15) is 17.5 Å². The number of rotatable bonds is 11. The highest BCUT2D eigenvalue weighted by Crippen LogP contribution is 2.30. The van der Waals surface area contributed by atoms with Gasteiger partial charge in [-0.25, -0.2) is 13.2 Å². The molecule has 9 heteroatoms. The van der Waals surface area contributed by atoms with Crippen molar-refractivity contribution in [3.63, 3.8) is 0 Å². The van der Waals surface area contributed by atoms with E-state index in [1.165, 1.54) is 18.3 Å². The molecule has 6 nitrogen and oxygen atoms in total. The van der Waals surface area contributed by atoms with E-state index in [-0.39, 0.29) is 24.2 Å². The van der Waals surface area contributed by atoms with Gasteiger partial charge >= 0.3 is 0 Å². The van der Waals surface area contributed by atoms with E-state index in [1.807, 2.05) is 0 Å². The summed E-state index contributed by atoms with van der Waals surface area (Å²) in [5.41, 5.74) is 6.46. The fourth-order valence-corrected chi connectivity index (χ4v) is 3.73. The Morgan fingerprint density at radius 1 is 1.11 bits per heavy atom. The number of carbonyl (C=O) groups is 2. The molecule has 0 aliphatic carbocycles. The summed E-state index contributed by atoms with van der Waals surface area (Å²) >= 11 is 0. The van der Waals surface area contributed by atoms with Crippen molar-refractivity contribution >= 4 is 11.8 Å². The normalized spacial score (nSPS) is 12.3. The molecule has 0 radical (unpaired) electrons. The Morgan fingerprint density at radius 3 is 2.53 bits per heavy atom. The molecule has 0 fully saturated rings. The lowest BCUT2D eigenvalue weighted by atomic mass is 9.94. The zero-order valence-electron chi connectivity index (χ0n) is 20.6. The minimum absolute atomic E-state index is 0.0226. The minimum atomic E-state index is -0.946. The number of nitrogens with two attached hydrogens (primary N) is 1. The molecule has 0 bridgehead atoms. The topological polar surface area (TPSA) is 94.3 Å². The molecule has 0 aliphatic heterocycles. The number of ether oxygens (including phenoxy) is 1. The summed E-state index contributed by atoms with van der Waals surface area (Å²) in [6, 6.07) is 9.32. The predicted molar refractivity (Wildman–Crippen MR) is 138 cm³/mol. The number of allylic oxidation sites excluding steroid dienone is 5. The molecule has 3 rings (SSSR count). The van der Waals surface area contributed by atoms with Crippen LogP contribution in [-0.4, -0.2) is 23.4 Å². The summed E-state index contributed by atoms with van der Waals surface area (Å²) in [4.78, 5) is 28.9. The number of hydrogen-bond donors (Lipinski definition) is 2. The fraction of sp³-hybridized carbons (Fsp3) is 0.138. The number of hydrogen-bond acceptors (Lipinski definition) is 4. The molecule has 0 spiro atoms. The highest BCUT2D eigenvalue weighted by atomic mass is 19.1. The summed E-state index contributed by atoms with van der Waals surface area (Å²) in [7, 11) is 0. The second-order valence-corrected chi connectivity index (χ2v) is 8.28. The number of pyridine rings is 1. The molecule has 0 unspecified atom stereocenters. The quantitative estimate of drug-likeness (QED) is 0.264. The van der Waals surface area contributed by atoms with Gasteiger partial charge < -0.3 is 15.8 Å². The van der Waals surface area contributed by atoms with Crippen LogP contribution in [0.2, 0.25) is 0 Å². The van der Waals surface area contributed by atoms with E-state index in [2.05, 4.69) is 16.9 Å². The lowest BCUT2D eigenvalue weighted by Crippen LogP contribution is -2.33. The predicted octanol–water partition coefficient (Wildman–Crippen LogP) is 5.33. The molecule has 1 aromatic heterocycles. The first kappa shape index (κ1) is 27.9. The Bertz CT molecular complexity index is 1380. The van der Waals surface area contributed by atoms with Gasteiger partial charge in [-0.2, -0.15) is 0 Å². The largest absolute Gasteiger partial charge is 0.488 e. The standard InChI is InChI=1S/C29H26F3N3O3/c1-3-4-5-7-18(2)38-17-27(36)35-26(14-19-12-21(30)16-22(31)13-19)28-23(8-6-11-34-28)20-9-10-25(32)24(15-20)29(33)37/h3-13,15-16,26H,1,14,17H2,2H3,(H2,33,37)(H,35,36)/b5-4-,18-7+/t26-/m0/s1. The summed E-state index contributed by atoms with van der Waals surface area (Å²) in [6.07, 6.45) is 8.11. The molecular weight excluding hydrogens is 495 g/mol. The van der Waals surface area contributed by atoms with E-state index in [0.717, 1.165) is 24.3 Å². The molecule has 2 aromatic carbocycles. The third-order valence-electron chi connectivity index (χ3n) is 5.42. The van der Waals surface area contributed by atoms with Crippen LogP contribution in [0.1, 0.15) is 34.6 Å². The molecule has 0 aliphatic rings. The van der Waals surface area contributed by atoms with Gasteiger partial charge in [0.25, 0.3) is 11.8 Å². The first-order valence-corrected chi connectivity index (χ1v) is 11.6. The molecule has 0 saturated carbocycles. The number of nitrogens with one attached hydrogen (secondary N) is 1. The Balaban J connectivity index is 1.97. The molecule has 3 N–H and O–H groups in total. The zero-order chi connectivity index (χ0) is 27.7. The van der Waals surface area contributed by atoms with Gasteiger partial charge in [0.2, 0.25) is 0 Å². The number of halogens is 3. The molecular formula is C29H26F3N3O3. The van der Waals surface area contributed by atoms with Gasteiger partial charge in [-0.1, -0.05) is 36.9 Å². The minimum Gasteiger partial charge on any atom is -0.488 e. The van der Waals surface area contributed by atoms with Crippen LogP contribution in [0, 0.1) is 17.5 Å². The van der Waals surface area contributed by atoms with Gasteiger partial charge in [-0.05, 0) is 60.9 Å². The number of amides is 2. The molecule has 196 valence electrons. The Labute approximate surface area is 218 Å². The monoisotopic (exact) mass is 521 g/mol. The summed E-state index contributed by atoms with van der Waals surface area (Å²) in [6.45, 7) is 4.92. The van der Waals surface area contributed by atoms with Gasteiger partial charge in [0.15, 0.2) is 6.61 Å². The average molecular weight is 522 g/mol. The molecule has 2 amide bonds. The number of carbonyl (C=O) groups excluding carboxylic acids is 2. The van der Waals surface area contributed by atoms with Crippen molar-refractivity contribution in [2.24, 2.45) is 5.73 Å². The van der Waals surface area contributed by atoms with Crippen LogP contribution >= 0.6 is 0 Å². The molecule has 1 atom stereocenters. The molecule has 1 heterocycles. The van der Waals surface area contributed by atoms with Crippen molar-refractivity contribution in [3.05, 3.63) is 126 Å². The third-order valence-corrected chi connectivity index (χ3v) is 5.42. The van der Waals surface area contributed by atoms with Crippen LogP contribution in [0.5, 0.6) is 0 Å². The van der Waals surface area contributed by atoms with E-state index in [1.54, 1.807) is 43.4 Å². The van der Waals surface area contributed by atoms with E-state index in [9.17, 15) is 22.8 Å². The van der Waals surface area contributed by atoms with Crippen LogP contribution in [0.15, 0.2) is 91.4 Å². The van der Waals surface area contributed by atoms with Gasteiger partial charge in [-0.3, -0.25) is 14.6 Å². The maximum Gasteiger partial charge on any atom is 0.258 e. The fourth-order valence-electron chi connectivity index (χ4n) is 3.73. The van der Waals surface area contributed by atoms with Crippen LogP contribution in [-0.2, 0) is 16.0 Å². The van der Waals surface area contributed by atoms with Gasteiger partial charge in [0.05, 0.1) is 23.1 Å². The third kappa shape index (κ3) is 7.67. The molecule has 38 heavy (non-hydrogen) atoms. The van der Waals surface area contributed by atoms with Crippen molar-refractivity contribution in [2.45, 2.75) is 19.4 Å². The van der Waals surface area contributed by atoms with Crippen LogP contribution < -0.4 is 11.1 Å². The maximum absolute atomic E-state index is 14.1. The van der Waals surface area contributed by atoms with E-state index < -0.39 is 35.3 Å². The molecule has 0 saturated heterocycles. The Morgan fingerprint density at radius 2 is 1.84 bits per heavy atom. The highest BCUT2D eigenvalue weighted by Gasteiger charge is 2.22. The number of aromatic nitrogens is 1. The maximum atomic E-state index is 14.1. The number of primary amides is 1. The second-order valence-electron chi connectivity index (χ2n) is 8.28. The smallest absolute Gasteiger partial charge is 0.258 e. The van der Waals surface area contributed by atoms with E-state index in [0.29, 0.717) is 22.6 Å². The van der Waals surface area contributed by atoms with Gasteiger partial charge in [-0.15, -0.1) is 0 Å². The summed E-state index contributed by atoms with van der Waals surface area (Å²) in [5, 5.41) is 2.80. The Kier molecular flexibility index (Phi) is 9.59. The number of nitrogens with zero attached hydrogens (tertiary/aromatic N) is 1. The number of benzene rings is 2. The Hall–Kier alpha value is -4.66. The first-order chi connectivity index (χ1) is 18.2. The summed E-state index contributed by atoms with van der Waals surface area (Å²) in [5.74, 6) is -3.30. The van der Waals surface area contributed by atoms with Crippen molar-refractivity contribution in [1.82, 2.24) is 10.3 Å². The SMILES string of the molecule is C=C/C=C\C=C(/C)OCC(=O)N[C@@H](Cc1cc(F)cc(F)c1)c1ncccc1-c1ccc(F)c(C(N)=O)c1. The van der Waals surface area contributed by atoms with Crippen molar-refractivity contribution in [1.29, 1.82) is 0 Å². The van der Waals surface area contributed by atoms with Crippen LogP contribution in [0.3, 0.4) is 0 Å². The lowest BCUT2D eigenvalue weighted by Gasteiger charge is -2.22. The zero-order valence-corrected chi connectivity index (χ0v) is 20.6.